The molecule has 0 unspecified atom stereocenters. The molecule has 1 rings (SSSR count). The number of carbonyl (C=O) groups is 2. The zero-order chi connectivity index (χ0) is 13.5. The van der Waals surface area contributed by atoms with Crippen LogP contribution in [0.1, 0.15) is 12.5 Å². The molecule has 0 aliphatic heterocycles. The summed E-state index contributed by atoms with van der Waals surface area (Å²) in [5.74, 6) is -1.02. The first-order chi connectivity index (χ1) is 8.52. The van der Waals surface area contributed by atoms with Gasteiger partial charge in [-0.2, -0.15) is 0 Å². The maximum atomic E-state index is 11.7. The number of nitrogens with zero attached hydrogens (tertiary/aromatic N) is 1. The third kappa shape index (κ3) is 4.75. The number of amides is 2. The summed E-state index contributed by atoms with van der Waals surface area (Å²) in [6.07, 6.45) is 0. The molecule has 0 bridgehead atoms. The zero-order valence-corrected chi connectivity index (χ0v) is 11.6. The number of aliphatic carboxylic acids is 1. The van der Waals surface area contributed by atoms with E-state index in [2.05, 4.69) is 21.2 Å². The lowest BCUT2D eigenvalue weighted by Gasteiger charge is -2.19. The van der Waals surface area contributed by atoms with Crippen LogP contribution in [-0.2, 0) is 11.3 Å². The van der Waals surface area contributed by atoms with Crippen LogP contribution in [0.15, 0.2) is 28.7 Å². The van der Waals surface area contributed by atoms with Crippen LogP contribution in [0.5, 0.6) is 0 Å². The number of benzene rings is 1. The van der Waals surface area contributed by atoms with Gasteiger partial charge in [0.2, 0.25) is 0 Å². The highest BCUT2D eigenvalue weighted by molar-refractivity contribution is 9.10. The van der Waals surface area contributed by atoms with E-state index >= 15 is 0 Å². The third-order valence-electron chi connectivity index (χ3n) is 2.35. The number of carboxylic acids is 1. The van der Waals surface area contributed by atoms with Gasteiger partial charge in [0.05, 0.1) is 0 Å². The van der Waals surface area contributed by atoms with Gasteiger partial charge in [-0.25, -0.2) is 4.79 Å². The van der Waals surface area contributed by atoms with Gasteiger partial charge in [0.1, 0.15) is 6.54 Å². The molecule has 0 aliphatic carbocycles. The van der Waals surface area contributed by atoms with Gasteiger partial charge in [-0.3, -0.25) is 4.79 Å². The molecule has 98 valence electrons. The fourth-order valence-electron chi connectivity index (χ4n) is 1.38. The fourth-order valence-corrected chi connectivity index (χ4v) is 1.65. The average Bonchev–Trinajstić information content (AvgIpc) is 2.34. The average molecular weight is 315 g/mol. The number of rotatable bonds is 5. The topological polar surface area (TPSA) is 69.6 Å². The molecule has 0 spiro atoms. The van der Waals surface area contributed by atoms with E-state index in [1.165, 1.54) is 4.90 Å². The predicted octanol–water partition coefficient (Wildman–Crippen LogP) is 2.07. The summed E-state index contributed by atoms with van der Waals surface area (Å²) >= 11 is 3.33. The molecule has 2 amide bonds. The Bertz CT molecular complexity index is 420. The van der Waals surface area contributed by atoms with Crippen molar-refractivity contribution >= 4 is 27.9 Å². The lowest BCUT2D eigenvalue weighted by Crippen LogP contribution is -2.42. The Hall–Kier alpha value is -1.56. The molecule has 0 fully saturated rings. The van der Waals surface area contributed by atoms with Crippen molar-refractivity contribution in [1.29, 1.82) is 0 Å². The lowest BCUT2D eigenvalue weighted by atomic mass is 10.2. The predicted molar refractivity (Wildman–Crippen MR) is 71.3 cm³/mol. The second-order valence-electron chi connectivity index (χ2n) is 3.69. The van der Waals surface area contributed by atoms with E-state index in [1.807, 2.05) is 24.3 Å². The van der Waals surface area contributed by atoms with Gasteiger partial charge in [0.15, 0.2) is 0 Å². The van der Waals surface area contributed by atoms with E-state index < -0.39 is 5.97 Å². The summed E-state index contributed by atoms with van der Waals surface area (Å²) in [6.45, 7) is 2.19. The van der Waals surface area contributed by atoms with Crippen molar-refractivity contribution in [2.24, 2.45) is 0 Å². The first kappa shape index (κ1) is 14.5. The third-order valence-corrected chi connectivity index (χ3v) is 2.88. The molecule has 0 radical (unpaired) electrons. The Morgan fingerprint density at radius 1 is 1.33 bits per heavy atom. The molecule has 6 heteroatoms. The zero-order valence-electron chi connectivity index (χ0n) is 10.0. The molecule has 0 atom stereocenters. The van der Waals surface area contributed by atoms with Crippen molar-refractivity contribution in [2.45, 2.75) is 13.5 Å². The molecule has 0 saturated carbocycles. The molecule has 0 heterocycles. The summed E-state index contributed by atoms with van der Waals surface area (Å²) in [5, 5.41) is 11.3. The molecule has 1 aromatic carbocycles. The highest BCUT2D eigenvalue weighted by Crippen LogP contribution is 2.10. The minimum Gasteiger partial charge on any atom is -0.480 e. The molecular weight excluding hydrogens is 300 g/mol. The fraction of sp³-hybridized carbons (Fsp3) is 0.333. The van der Waals surface area contributed by atoms with E-state index in [0.717, 1.165) is 10.0 Å². The summed E-state index contributed by atoms with van der Waals surface area (Å²) in [6, 6.07) is 7.17. The van der Waals surface area contributed by atoms with Crippen molar-refractivity contribution < 1.29 is 14.7 Å². The van der Waals surface area contributed by atoms with Crippen molar-refractivity contribution in [2.75, 3.05) is 13.1 Å². The monoisotopic (exact) mass is 314 g/mol. The molecule has 1 aromatic rings. The SMILES string of the molecule is CCN(CC(=O)O)C(=O)NCc1ccc(Br)cc1. The quantitative estimate of drug-likeness (QED) is 0.874. The molecule has 0 aromatic heterocycles. The number of hydrogen-bond acceptors (Lipinski definition) is 2. The van der Waals surface area contributed by atoms with Crippen LogP contribution >= 0.6 is 15.9 Å². The molecule has 0 saturated heterocycles. The molecule has 2 N–H and O–H groups in total. The van der Waals surface area contributed by atoms with E-state index in [4.69, 9.17) is 5.11 Å². The Labute approximate surface area is 114 Å². The Morgan fingerprint density at radius 3 is 2.44 bits per heavy atom. The first-order valence-corrected chi connectivity index (χ1v) is 6.31. The maximum Gasteiger partial charge on any atom is 0.323 e. The summed E-state index contributed by atoms with van der Waals surface area (Å²) < 4.78 is 0.971. The molecular formula is C12H15BrN2O3. The van der Waals surface area contributed by atoms with E-state index in [0.29, 0.717) is 13.1 Å². The lowest BCUT2D eigenvalue weighted by molar-refractivity contribution is -0.137. The van der Waals surface area contributed by atoms with Crippen molar-refractivity contribution in [3.8, 4) is 0 Å². The van der Waals surface area contributed by atoms with Crippen LogP contribution < -0.4 is 5.32 Å². The Kier molecular flexibility index (Phi) is 5.64. The summed E-state index contributed by atoms with van der Waals surface area (Å²) in [7, 11) is 0. The maximum absolute atomic E-state index is 11.7. The van der Waals surface area contributed by atoms with Gasteiger partial charge in [0, 0.05) is 17.6 Å². The molecule has 0 aliphatic rings. The number of carbonyl (C=O) groups excluding carboxylic acids is 1. The number of likely N-dealkylation sites (N-methyl/N-ethyl adjacent to an activating group) is 1. The number of urea groups is 1. The van der Waals surface area contributed by atoms with E-state index in [9.17, 15) is 9.59 Å². The van der Waals surface area contributed by atoms with Gasteiger partial charge >= 0.3 is 12.0 Å². The van der Waals surface area contributed by atoms with Crippen LogP contribution in [0.25, 0.3) is 0 Å². The highest BCUT2D eigenvalue weighted by atomic mass is 79.9. The van der Waals surface area contributed by atoms with Crippen LogP contribution in [-0.4, -0.2) is 35.1 Å². The summed E-state index contributed by atoms with van der Waals surface area (Å²) in [4.78, 5) is 23.5. The highest BCUT2D eigenvalue weighted by Gasteiger charge is 2.13. The standard InChI is InChI=1S/C12H15BrN2O3/c1-2-15(8-11(16)17)12(18)14-7-9-3-5-10(13)6-4-9/h3-6H,2,7-8H2,1H3,(H,14,18)(H,16,17). The van der Waals surface area contributed by atoms with Crippen LogP contribution in [0.4, 0.5) is 4.79 Å². The minimum absolute atomic E-state index is 0.289. The normalized spacial score (nSPS) is 9.89. The second-order valence-corrected chi connectivity index (χ2v) is 4.61. The number of carboxylic acid groups (broad SMARTS) is 1. The first-order valence-electron chi connectivity index (χ1n) is 5.52. The van der Waals surface area contributed by atoms with Gasteiger partial charge in [-0.05, 0) is 24.6 Å². The molecule has 18 heavy (non-hydrogen) atoms. The van der Waals surface area contributed by atoms with Gasteiger partial charge in [0.25, 0.3) is 0 Å². The van der Waals surface area contributed by atoms with Gasteiger partial charge < -0.3 is 15.3 Å². The van der Waals surface area contributed by atoms with Crippen LogP contribution in [0.3, 0.4) is 0 Å². The van der Waals surface area contributed by atoms with Crippen LogP contribution in [0.2, 0.25) is 0 Å². The molecule has 5 nitrogen and oxygen atoms in total. The number of hydrogen-bond donors (Lipinski definition) is 2. The van der Waals surface area contributed by atoms with E-state index in [1.54, 1.807) is 6.92 Å². The number of nitrogens with one attached hydrogen (secondary N) is 1. The Balaban J connectivity index is 2.49. The van der Waals surface area contributed by atoms with Crippen LogP contribution in [0, 0.1) is 0 Å². The summed E-state index contributed by atoms with van der Waals surface area (Å²) in [5.41, 5.74) is 0.956. The van der Waals surface area contributed by atoms with Gasteiger partial charge in [-0.15, -0.1) is 0 Å². The second kappa shape index (κ2) is 7.00. The van der Waals surface area contributed by atoms with E-state index in [-0.39, 0.29) is 12.6 Å². The van der Waals surface area contributed by atoms with Crippen molar-refractivity contribution in [1.82, 2.24) is 10.2 Å². The minimum atomic E-state index is -1.02. The van der Waals surface area contributed by atoms with Crippen molar-refractivity contribution in [3.05, 3.63) is 34.3 Å². The van der Waals surface area contributed by atoms with Gasteiger partial charge in [-0.1, -0.05) is 28.1 Å². The van der Waals surface area contributed by atoms with Crippen molar-refractivity contribution in [3.63, 3.8) is 0 Å². The smallest absolute Gasteiger partial charge is 0.323 e. The number of halogens is 1. The largest absolute Gasteiger partial charge is 0.480 e. The Morgan fingerprint density at radius 2 is 1.94 bits per heavy atom.